The molecule has 2 N–H and O–H groups in total. The van der Waals surface area contributed by atoms with Crippen molar-refractivity contribution in [2.75, 3.05) is 19.8 Å². The number of amides is 1. The smallest absolute Gasteiger partial charge is 0.237 e. The van der Waals surface area contributed by atoms with Gasteiger partial charge in [-0.2, -0.15) is 5.26 Å². The molecule has 2 heterocycles. The lowest BCUT2D eigenvalue weighted by Gasteiger charge is -2.37. The predicted molar refractivity (Wildman–Crippen MR) is 147 cm³/mol. The molecule has 0 radical (unpaired) electrons. The van der Waals surface area contributed by atoms with Gasteiger partial charge in [-0.1, -0.05) is 68.2 Å². The Balaban J connectivity index is 1.62. The van der Waals surface area contributed by atoms with Gasteiger partial charge >= 0.3 is 0 Å². The monoisotopic (exact) mass is 539 g/mol. The number of halogens is 2. The fraction of sp³-hybridized carbons (Fsp3) is 0.533. The van der Waals surface area contributed by atoms with E-state index in [0.717, 1.165) is 43.6 Å². The fourth-order valence-electron chi connectivity index (χ4n) is 6.95. The van der Waals surface area contributed by atoms with Crippen molar-refractivity contribution in [3.63, 3.8) is 0 Å². The SMILES string of the molecule is CC(C)(C)[C@@H]1CC12N[C@@H](C(=O)NCC1CCOCC1)[C@H](c1cccc(Cl)c1)[C@@]2(C#N)c1ccc(Cl)cc1. The summed E-state index contributed by atoms with van der Waals surface area (Å²) in [6, 6.07) is 17.4. The largest absolute Gasteiger partial charge is 0.381 e. The molecule has 7 heteroatoms. The lowest BCUT2D eigenvalue weighted by atomic mass is 9.62. The van der Waals surface area contributed by atoms with E-state index in [0.29, 0.717) is 22.5 Å². The zero-order valence-corrected chi connectivity index (χ0v) is 23.2. The average molecular weight is 541 g/mol. The van der Waals surface area contributed by atoms with Crippen LogP contribution in [-0.4, -0.2) is 37.2 Å². The summed E-state index contributed by atoms with van der Waals surface area (Å²) in [7, 11) is 0. The lowest BCUT2D eigenvalue weighted by Crippen LogP contribution is -2.49. The normalized spacial score (nSPS) is 31.7. The van der Waals surface area contributed by atoms with Crippen molar-refractivity contribution in [3.8, 4) is 6.07 Å². The first kappa shape index (κ1) is 26.5. The summed E-state index contributed by atoms with van der Waals surface area (Å²) in [5.74, 6) is 0.115. The van der Waals surface area contributed by atoms with Crippen LogP contribution in [0.5, 0.6) is 0 Å². The summed E-state index contributed by atoms with van der Waals surface area (Å²) >= 11 is 12.7. The molecule has 1 spiro atoms. The van der Waals surface area contributed by atoms with Crippen LogP contribution in [0.4, 0.5) is 0 Å². The number of rotatable bonds is 5. The van der Waals surface area contributed by atoms with Gasteiger partial charge in [-0.25, -0.2) is 0 Å². The Labute approximate surface area is 229 Å². The van der Waals surface area contributed by atoms with Crippen molar-refractivity contribution in [1.29, 1.82) is 5.26 Å². The Morgan fingerprint density at radius 1 is 1.14 bits per heavy atom. The quantitative estimate of drug-likeness (QED) is 0.499. The third-order valence-corrected chi connectivity index (χ3v) is 9.28. The van der Waals surface area contributed by atoms with E-state index in [2.05, 4.69) is 37.5 Å². The number of carbonyl (C=O) groups excluding carboxylic acids is 1. The summed E-state index contributed by atoms with van der Waals surface area (Å²) in [4.78, 5) is 13.9. The van der Waals surface area contributed by atoms with E-state index in [1.165, 1.54) is 0 Å². The number of ether oxygens (including phenoxy) is 1. The van der Waals surface area contributed by atoms with Crippen LogP contribution >= 0.6 is 23.2 Å². The van der Waals surface area contributed by atoms with Crippen molar-refractivity contribution < 1.29 is 9.53 Å². The summed E-state index contributed by atoms with van der Waals surface area (Å²) < 4.78 is 5.49. The lowest BCUT2D eigenvalue weighted by molar-refractivity contribution is -0.123. The van der Waals surface area contributed by atoms with E-state index >= 15 is 0 Å². The molecule has 3 fully saturated rings. The molecule has 0 bridgehead atoms. The Morgan fingerprint density at radius 2 is 1.84 bits per heavy atom. The summed E-state index contributed by atoms with van der Waals surface area (Å²) in [5.41, 5.74) is 0.179. The van der Waals surface area contributed by atoms with Crippen molar-refractivity contribution in [3.05, 3.63) is 69.7 Å². The topological polar surface area (TPSA) is 74.2 Å². The Kier molecular flexibility index (Phi) is 7.09. The van der Waals surface area contributed by atoms with Gasteiger partial charge in [-0.15, -0.1) is 0 Å². The minimum atomic E-state index is -0.985. The molecule has 2 aromatic rings. The molecule has 5 nitrogen and oxygen atoms in total. The standard InChI is InChI=1S/C30H35Cl2N3O2/c1-28(2,3)24-16-30(24)29(18-33,21-7-9-22(31)10-8-21)25(20-5-4-6-23(32)15-20)26(35-30)27(36)34-17-19-11-13-37-14-12-19/h4-10,15,19,24-26,35H,11-14,16-17H2,1-3H3,(H,34,36)/t24-,25-,26+,29+,30?/m0/s1. The van der Waals surface area contributed by atoms with Crippen LogP contribution < -0.4 is 10.6 Å². The number of hydrogen-bond donors (Lipinski definition) is 2. The number of carbonyl (C=O) groups is 1. The van der Waals surface area contributed by atoms with Crippen molar-refractivity contribution in [1.82, 2.24) is 10.6 Å². The summed E-state index contributed by atoms with van der Waals surface area (Å²) in [5, 5.41) is 19.3. The highest BCUT2D eigenvalue weighted by Crippen LogP contribution is 2.70. The zero-order chi connectivity index (χ0) is 26.4. The number of nitriles is 1. The number of nitrogens with zero attached hydrogens (tertiary/aromatic N) is 1. The second kappa shape index (κ2) is 9.89. The molecule has 37 heavy (non-hydrogen) atoms. The molecule has 0 aromatic heterocycles. The van der Waals surface area contributed by atoms with Crippen LogP contribution in [-0.2, 0) is 14.9 Å². The van der Waals surface area contributed by atoms with Gasteiger partial charge in [0.25, 0.3) is 0 Å². The molecule has 2 aliphatic heterocycles. The molecule has 5 atom stereocenters. The van der Waals surface area contributed by atoms with Gasteiger partial charge in [-0.05, 0) is 71.9 Å². The van der Waals surface area contributed by atoms with Crippen LogP contribution in [0.1, 0.15) is 57.1 Å². The molecule has 3 aliphatic rings. The predicted octanol–water partition coefficient (Wildman–Crippen LogP) is 5.86. The van der Waals surface area contributed by atoms with Crippen molar-refractivity contribution in [2.45, 2.75) is 62.9 Å². The first-order valence-corrected chi connectivity index (χ1v) is 13.9. The van der Waals surface area contributed by atoms with E-state index in [4.69, 9.17) is 27.9 Å². The highest BCUT2D eigenvalue weighted by atomic mass is 35.5. The average Bonchev–Trinajstić information content (AvgIpc) is 3.54. The third-order valence-electron chi connectivity index (χ3n) is 8.79. The van der Waals surface area contributed by atoms with Crippen molar-refractivity contribution >= 4 is 29.1 Å². The molecule has 1 saturated carbocycles. The number of hydrogen-bond acceptors (Lipinski definition) is 4. The molecule has 2 saturated heterocycles. The molecule has 1 unspecified atom stereocenters. The van der Waals surface area contributed by atoms with Gasteiger partial charge in [-0.3, -0.25) is 10.1 Å². The van der Waals surface area contributed by atoms with Gasteiger partial charge in [0.1, 0.15) is 5.41 Å². The first-order chi connectivity index (χ1) is 17.6. The number of nitrogens with one attached hydrogen (secondary N) is 2. The van der Waals surface area contributed by atoms with Crippen LogP contribution in [0.15, 0.2) is 48.5 Å². The van der Waals surface area contributed by atoms with E-state index in [1.54, 1.807) is 0 Å². The maximum atomic E-state index is 13.9. The van der Waals surface area contributed by atoms with E-state index in [9.17, 15) is 10.1 Å². The molecule has 5 rings (SSSR count). The maximum Gasteiger partial charge on any atom is 0.237 e. The van der Waals surface area contributed by atoms with E-state index in [1.807, 2.05) is 48.5 Å². The van der Waals surface area contributed by atoms with E-state index in [-0.39, 0.29) is 17.2 Å². The van der Waals surface area contributed by atoms with Crippen LogP contribution in [0, 0.1) is 28.6 Å². The van der Waals surface area contributed by atoms with Gasteiger partial charge in [0.05, 0.1) is 12.1 Å². The molecule has 2 aromatic carbocycles. The Morgan fingerprint density at radius 3 is 2.43 bits per heavy atom. The number of benzene rings is 2. The molecular formula is C30H35Cl2N3O2. The minimum Gasteiger partial charge on any atom is -0.381 e. The summed E-state index contributed by atoms with van der Waals surface area (Å²) in [6.07, 6.45) is 2.70. The fourth-order valence-corrected chi connectivity index (χ4v) is 7.28. The second-order valence-electron chi connectivity index (χ2n) is 12.0. The van der Waals surface area contributed by atoms with Gasteiger partial charge in [0.15, 0.2) is 0 Å². The van der Waals surface area contributed by atoms with Gasteiger partial charge < -0.3 is 10.1 Å². The maximum absolute atomic E-state index is 13.9. The highest BCUT2D eigenvalue weighted by Gasteiger charge is 2.78. The zero-order valence-electron chi connectivity index (χ0n) is 21.7. The molecule has 1 amide bonds. The molecular weight excluding hydrogens is 505 g/mol. The minimum absolute atomic E-state index is 0.0477. The summed E-state index contributed by atoms with van der Waals surface area (Å²) in [6.45, 7) is 8.72. The first-order valence-electron chi connectivity index (χ1n) is 13.2. The van der Waals surface area contributed by atoms with Crippen LogP contribution in [0.25, 0.3) is 0 Å². The highest BCUT2D eigenvalue weighted by molar-refractivity contribution is 6.30. The third kappa shape index (κ3) is 4.57. The Hall–Kier alpha value is -2.10. The van der Waals surface area contributed by atoms with Crippen LogP contribution in [0.2, 0.25) is 10.0 Å². The van der Waals surface area contributed by atoms with Gasteiger partial charge in [0.2, 0.25) is 5.91 Å². The van der Waals surface area contributed by atoms with Crippen LogP contribution in [0.3, 0.4) is 0 Å². The van der Waals surface area contributed by atoms with Crippen molar-refractivity contribution in [2.24, 2.45) is 17.3 Å². The van der Waals surface area contributed by atoms with E-state index < -0.39 is 22.9 Å². The second-order valence-corrected chi connectivity index (χ2v) is 12.8. The molecule has 1 aliphatic carbocycles. The molecule has 196 valence electrons. The Bertz CT molecular complexity index is 1200. The van der Waals surface area contributed by atoms with Gasteiger partial charge in [0, 0.05) is 41.3 Å².